The maximum atomic E-state index is 11.8. The van der Waals surface area contributed by atoms with E-state index in [1.165, 1.54) is 17.2 Å². The third-order valence-corrected chi connectivity index (χ3v) is 6.15. The molecule has 1 aliphatic heterocycles. The molecule has 2 aromatic rings. The lowest BCUT2D eigenvalue weighted by Crippen LogP contribution is -2.29. The van der Waals surface area contributed by atoms with E-state index in [2.05, 4.69) is 15.0 Å². The van der Waals surface area contributed by atoms with Crippen molar-refractivity contribution >= 4 is 38.1 Å². The average molecular weight is 437 g/mol. The summed E-state index contributed by atoms with van der Waals surface area (Å²) in [6.07, 6.45) is -0.844. The molecule has 154 valence electrons. The molecule has 1 fully saturated rings. The molecule has 6 N–H and O–H groups in total. The summed E-state index contributed by atoms with van der Waals surface area (Å²) in [5, 5.41) is 0. The number of hydrogen-bond donors (Lipinski definition) is 5. The highest BCUT2D eigenvalue weighted by molar-refractivity contribution is 7.53. The van der Waals surface area contributed by atoms with Crippen LogP contribution in [0.3, 0.4) is 0 Å². The Morgan fingerprint density at radius 2 is 2.00 bits per heavy atom. The van der Waals surface area contributed by atoms with Gasteiger partial charge >= 0.3 is 21.2 Å². The van der Waals surface area contributed by atoms with Crippen molar-refractivity contribution in [3.8, 4) is 0 Å². The van der Waals surface area contributed by atoms with Gasteiger partial charge in [0, 0.05) is 6.42 Å². The zero-order valence-corrected chi connectivity index (χ0v) is 15.9. The standard InChI is InChI=1S/C12H17N5O9P2/c13-11-10-12(15-4-14-11)17(5-16-10)8-1-7(28(22,23)24)6(26-8)2-25-9(18)3-27(19,20)21/h4-8H,1-3H2,(H2,13,14,15)(H2,19,20,21)(H2,22,23,24)/t6-,7+,8-/m1/s1. The van der Waals surface area contributed by atoms with Crippen molar-refractivity contribution in [3.63, 3.8) is 0 Å². The first-order valence-corrected chi connectivity index (χ1v) is 11.3. The topological polar surface area (TPSA) is 220 Å². The first-order valence-electron chi connectivity index (χ1n) is 7.79. The van der Waals surface area contributed by atoms with Crippen molar-refractivity contribution < 1.29 is 43.0 Å². The van der Waals surface area contributed by atoms with Gasteiger partial charge in [0.05, 0.1) is 12.0 Å². The smallest absolute Gasteiger partial charge is 0.336 e. The van der Waals surface area contributed by atoms with Crippen molar-refractivity contribution in [3.05, 3.63) is 12.7 Å². The lowest BCUT2D eigenvalue weighted by Gasteiger charge is -2.19. The number of esters is 1. The number of aromatic nitrogens is 4. The fraction of sp³-hybridized carbons (Fsp3) is 0.500. The van der Waals surface area contributed by atoms with Crippen molar-refractivity contribution in [1.82, 2.24) is 19.5 Å². The predicted octanol–water partition coefficient (Wildman–Crippen LogP) is -1.04. The van der Waals surface area contributed by atoms with Gasteiger partial charge in [-0.25, -0.2) is 15.0 Å². The fourth-order valence-corrected chi connectivity index (χ4v) is 4.33. The summed E-state index contributed by atoms with van der Waals surface area (Å²) in [5.74, 6) is -1.09. The highest BCUT2D eigenvalue weighted by Crippen LogP contribution is 2.52. The quantitative estimate of drug-likeness (QED) is 0.270. The number of ether oxygens (including phenoxy) is 2. The van der Waals surface area contributed by atoms with Gasteiger partial charge in [0.1, 0.15) is 36.9 Å². The summed E-state index contributed by atoms with van der Waals surface area (Å²) in [5.41, 5.74) is 4.98. The lowest BCUT2D eigenvalue weighted by molar-refractivity contribution is -0.145. The van der Waals surface area contributed by atoms with Gasteiger partial charge in [0.15, 0.2) is 11.5 Å². The number of nitrogens with two attached hydrogens (primary N) is 1. The molecule has 0 radical (unpaired) electrons. The second-order valence-corrected chi connectivity index (χ2v) is 9.60. The number of carbonyl (C=O) groups is 1. The molecule has 0 spiro atoms. The molecule has 3 atom stereocenters. The average Bonchev–Trinajstić information content (AvgIpc) is 3.15. The minimum Gasteiger partial charge on any atom is -0.462 e. The number of nitrogen functional groups attached to an aromatic ring is 1. The van der Waals surface area contributed by atoms with Crippen LogP contribution in [0.2, 0.25) is 0 Å². The molecule has 3 heterocycles. The number of fused-ring (bicyclic) bond motifs is 1. The van der Waals surface area contributed by atoms with Gasteiger partial charge in [0.2, 0.25) is 0 Å². The Labute approximate surface area is 157 Å². The summed E-state index contributed by atoms with van der Waals surface area (Å²) >= 11 is 0. The van der Waals surface area contributed by atoms with Crippen LogP contribution < -0.4 is 5.73 Å². The highest BCUT2D eigenvalue weighted by Gasteiger charge is 2.47. The molecule has 16 heteroatoms. The molecule has 28 heavy (non-hydrogen) atoms. The van der Waals surface area contributed by atoms with E-state index in [1.54, 1.807) is 0 Å². The van der Waals surface area contributed by atoms with E-state index in [0.717, 1.165) is 0 Å². The number of anilines is 1. The molecule has 14 nitrogen and oxygen atoms in total. The largest absolute Gasteiger partial charge is 0.462 e. The Kier molecular flexibility index (Phi) is 5.56. The first kappa shape index (κ1) is 20.8. The van der Waals surface area contributed by atoms with Crippen LogP contribution in [0.4, 0.5) is 5.82 Å². The summed E-state index contributed by atoms with van der Waals surface area (Å²) in [6.45, 7) is -0.588. The van der Waals surface area contributed by atoms with Crippen LogP contribution in [0.5, 0.6) is 0 Å². The first-order chi connectivity index (χ1) is 13.0. The molecule has 0 aromatic carbocycles. The minimum atomic E-state index is -4.64. The number of nitrogens with zero attached hydrogens (tertiary/aromatic N) is 4. The minimum absolute atomic E-state index is 0.121. The van der Waals surface area contributed by atoms with E-state index in [9.17, 15) is 23.7 Å². The Morgan fingerprint density at radius 1 is 1.29 bits per heavy atom. The van der Waals surface area contributed by atoms with E-state index < -0.39 is 51.9 Å². The monoisotopic (exact) mass is 437 g/mol. The zero-order chi connectivity index (χ0) is 20.7. The second kappa shape index (κ2) is 7.48. The number of carbonyl (C=O) groups excluding carboxylic acids is 1. The van der Waals surface area contributed by atoms with Crippen molar-refractivity contribution in [2.45, 2.75) is 24.4 Å². The second-order valence-electron chi connectivity index (χ2n) is 6.11. The Bertz CT molecular complexity index is 985. The van der Waals surface area contributed by atoms with Gasteiger partial charge in [-0.1, -0.05) is 0 Å². The van der Waals surface area contributed by atoms with Gasteiger partial charge in [-0.05, 0) is 0 Å². The lowest BCUT2D eigenvalue weighted by atomic mass is 10.2. The van der Waals surface area contributed by atoms with Gasteiger partial charge in [-0.2, -0.15) is 0 Å². The van der Waals surface area contributed by atoms with Crippen LogP contribution in [-0.2, 0) is 23.4 Å². The van der Waals surface area contributed by atoms with Crippen molar-refractivity contribution in [1.29, 1.82) is 0 Å². The summed E-state index contributed by atoms with van der Waals surface area (Å²) < 4.78 is 34.4. The van der Waals surface area contributed by atoms with Crippen molar-refractivity contribution in [2.24, 2.45) is 0 Å². The van der Waals surface area contributed by atoms with E-state index in [4.69, 9.17) is 25.0 Å². The molecule has 0 saturated carbocycles. The van der Waals surface area contributed by atoms with Crippen LogP contribution in [-0.4, -0.2) is 69.6 Å². The maximum absolute atomic E-state index is 11.8. The van der Waals surface area contributed by atoms with E-state index in [0.29, 0.717) is 5.65 Å². The number of hydrogen-bond acceptors (Lipinski definition) is 9. The highest BCUT2D eigenvalue weighted by atomic mass is 31.2. The third kappa shape index (κ3) is 4.55. The molecule has 3 rings (SSSR count). The van der Waals surface area contributed by atoms with Crippen molar-refractivity contribution in [2.75, 3.05) is 18.5 Å². The molecule has 0 bridgehead atoms. The Hall–Kier alpha value is -1.92. The maximum Gasteiger partial charge on any atom is 0.336 e. The zero-order valence-electron chi connectivity index (χ0n) is 14.1. The SMILES string of the molecule is Nc1ncnc2c1ncn2[C@H]1C[C@H](P(=O)(O)O)[C@@H](COC(=O)CP(=O)(O)O)O1. The summed E-state index contributed by atoms with van der Waals surface area (Å²) in [7, 11) is -9.26. The van der Waals surface area contributed by atoms with Gasteiger partial charge in [-0.15, -0.1) is 0 Å². The molecule has 2 aromatic heterocycles. The molecule has 0 unspecified atom stereocenters. The van der Waals surface area contributed by atoms with Crippen LogP contribution in [0, 0.1) is 0 Å². The third-order valence-electron chi connectivity index (χ3n) is 4.08. The fourth-order valence-electron chi connectivity index (χ4n) is 2.86. The van der Waals surface area contributed by atoms with E-state index in [1.807, 2.05) is 0 Å². The van der Waals surface area contributed by atoms with Crippen LogP contribution in [0.15, 0.2) is 12.7 Å². The van der Waals surface area contributed by atoms with E-state index in [-0.39, 0.29) is 17.8 Å². The van der Waals surface area contributed by atoms with Crippen LogP contribution in [0.1, 0.15) is 12.6 Å². The normalized spacial score (nSPS) is 23.2. The van der Waals surface area contributed by atoms with Gasteiger partial charge in [-0.3, -0.25) is 18.5 Å². The van der Waals surface area contributed by atoms with E-state index >= 15 is 0 Å². The molecular formula is C12H17N5O9P2. The number of rotatable bonds is 6. The Morgan fingerprint density at radius 3 is 2.64 bits per heavy atom. The van der Waals surface area contributed by atoms with Crippen LogP contribution >= 0.6 is 15.2 Å². The van der Waals surface area contributed by atoms with Gasteiger partial charge < -0.3 is 34.8 Å². The molecular weight excluding hydrogens is 420 g/mol. The molecule has 0 amide bonds. The molecule has 0 aliphatic carbocycles. The van der Waals surface area contributed by atoms with Crippen LogP contribution in [0.25, 0.3) is 11.2 Å². The summed E-state index contributed by atoms with van der Waals surface area (Å²) in [4.78, 5) is 60.1. The molecule has 1 saturated heterocycles. The van der Waals surface area contributed by atoms with Gasteiger partial charge in [0.25, 0.3) is 0 Å². The molecule has 1 aliphatic rings. The summed E-state index contributed by atoms with van der Waals surface area (Å²) in [6, 6.07) is 0. The Balaban J connectivity index is 1.79. The number of imidazole rings is 1. The predicted molar refractivity (Wildman–Crippen MR) is 92.0 cm³/mol.